The number of fused-ring (bicyclic) bond motifs is 2. The van der Waals surface area contributed by atoms with Gasteiger partial charge in [-0.2, -0.15) is 0 Å². The number of aromatic amines is 1. The summed E-state index contributed by atoms with van der Waals surface area (Å²) in [6.45, 7) is 2.12. The second kappa shape index (κ2) is 4.54. The molecule has 0 saturated carbocycles. The maximum Gasteiger partial charge on any atom is 0.192 e. The molecule has 0 radical (unpaired) electrons. The Morgan fingerprint density at radius 3 is 2.83 bits per heavy atom. The minimum absolute atomic E-state index is 0.231. The van der Waals surface area contributed by atoms with Crippen molar-refractivity contribution in [3.8, 4) is 0 Å². The maximum atomic E-state index is 12.6. The van der Waals surface area contributed by atoms with Crippen LogP contribution in [0, 0.1) is 0 Å². The van der Waals surface area contributed by atoms with Crippen LogP contribution in [-0.4, -0.2) is 4.98 Å². The van der Waals surface area contributed by atoms with E-state index in [0.29, 0.717) is 0 Å². The molecule has 1 aromatic carbocycles. The van der Waals surface area contributed by atoms with Crippen molar-refractivity contribution in [1.29, 1.82) is 0 Å². The fourth-order valence-electron chi connectivity index (χ4n) is 2.88. The molecule has 3 heteroatoms. The number of aryl methyl sites for hydroxylation is 2. The first-order valence-corrected chi connectivity index (χ1v) is 7.36. The molecule has 0 spiro atoms. The topological polar surface area (TPSA) is 32.9 Å². The number of H-pyrrole nitrogens is 1. The van der Waals surface area contributed by atoms with E-state index in [4.69, 9.17) is 0 Å². The van der Waals surface area contributed by atoms with E-state index < -0.39 is 0 Å². The van der Waals surface area contributed by atoms with Crippen molar-refractivity contribution in [2.24, 2.45) is 0 Å². The lowest BCUT2D eigenvalue weighted by molar-refractivity contribution is 0.667. The van der Waals surface area contributed by atoms with Crippen LogP contribution in [0.15, 0.2) is 21.4 Å². The molecule has 2 nitrogen and oxygen atoms in total. The quantitative estimate of drug-likeness (QED) is 0.855. The molecular formula is C15H16BrNO. The van der Waals surface area contributed by atoms with Gasteiger partial charge >= 0.3 is 0 Å². The van der Waals surface area contributed by atoms with E-state index in [1.54, 1.807) is 0 Å². The molecule has 1 aromatic heterocycles. The van der Waals surface area contributed by atoms with Crippen molar-refractivity contribution in [2.75, 3.05) is 0 Å². The van der Waals surface area contributed by atoms with Crippen molar-refractivity contribution in [3.63, 3.8) is 0 Å². The van der Waals surface area contributed by atoms with Gasteiger partial charge < -0.3 is 4.98 Å². The van der Waals surface area contributed by atoms with Crippen molar-refractivity contribution in [3.05, 3.63) is 43.6 Å². The van der Waals surface area contributed by atoms with E-state index in [1.165, 1.54) is 12.0 Å². The Kier molecular flexibility index (Phi) is 3.02. The molecule has 1 heterocycles. The average Bonchev–Trinajstić information content (AvgIpc) is 2.39. The third-order valence-electron chi connectivity index (χ3n) is 3.83. The van der Waals surface area contributed by atoms with Crippen molar-refractivity contribution >= 4 is 26.8 Å². The van der Waals surface area contributed by atoms with Gasteiger partial charge in [0, 0.05) is 21.1 Å². The van der Waals surface area contributed by atoms with Gasteiger partial charge in [-0.05, 0) is 49.8 Å². The van der Waals surface area contributed by atoms with Gasteiger partial charge in [0.15, 0.2) is 5.43 Å². The van der Waals surface area contributed by atoms with E-state index in [9.17, 15) is 4.79 Å². The third-order valence-corrected chi connectivity index (χ3v) is 4.29. The van der Waals surface area contributed by atoms with Crippen LogP contribution in [0.4, 0.5) is 0 Å². The van der Waals surface area contributed by atoms with Crippen molar-refractivity contribution in [1.82, 2.24) is 4.98 Å². The fourth-order valence-corrected chi connectivity index (χ4v) is 3.38. The molecule has 0 bridgehead atoms. The molecule has 1 N–H and O–H groups in total. The van der Waals surface area contributed by atoms with Crippen LogP contribution in [0.2, 0.25) is 0 Å². The second-order valence-electron chi connectivity index (χ2n) is 4.96. The van der Waals surface area contributed by atoms with Gasteiger partial charge in [-0.1, -0.05) is 22.9 Å². The molecule has 1 aliphatic carbocycles. The number of aromatic nitrogens is 1. The van der Waals surface area contributed by atoms with Crippen LogP contribution in [0.3, 0.4) is 0 Å². The summed E-state index contributed by atoms with van der Waals surface area (Å²) in [6.07, 6.45) is 5.20. The number of rotatable bonds is 1. The van der Waals surface area contributed by atoms with Gasteiger partial charge in [0.2, 0.25) is 0 Å². The molecule has 0 saturated heterocycles. The minimum atomic E-state index is 0.231. The zero-order chi connectivity index (χ0) is 12.7. The number of nitrogens with one attached hydrogen (secondary N) is 1. The summed E-state index contributed by atoms with van der Waals surface area (Å²) < 4.78 is 0.994. The molecule has 0 unspecified atom stereocenters. The Balaban J connectivity index is 2.42. The summed E-state index contributed by atoms with van der Waals surface area (Å²) in [4.78, 5) is 16.1. The molecule has 0 amide bonds. The molecule has 94 valence electrons. The monoisotopic (exact) mass is 305 g/mol. The Hall–Kier alpha value is -1.09. The summed E-state index contributed by atoms with van der Waals surface area (Å²) in [5.41, 5.74) is 4.65. The molecule has 0 atom stereocenters. The number of pyridine rings is 1. The maximum absolute atomic E-state index is 12.6. The lowest BCUT2D eigenvalue weighted by atomic mass is 9.93. The summed E-state index contributed by atoms with van der Waals surface area (Å²) in [7, 11) is 0. The first-order valence-electron chi connectivity index (χ1n) is 6.57. The van der Waals surface area contributed by atoms with Crippen LogP contribution in [0.1, 0.15) is 36.6 Å². The lowest BCUT2D eigenvalue weighted by Crippen LogP contribution is -2.19. The Morgan fingerprint density at radius 2 is 2.06 bits per heavy atom. The molecule has 18 heavy (non-hydrogen) atoms. The van der Waals surface area contributed by atoms with Gasteiger partial charge in [-0.15, -0.1) is 0 Å². The number of halogens is 1. The van der Waals surface area contributed by atoms with Crippen LogP contribution in [0.25, 0.3) is 10.9 Å². The molecule has 0 aliphatic heterocycles. The number of hydrogen-bond donors (Lipinski definition) is 1. The van der Waals surface area contributed by atoms with Gasteiger partial charge in [0.1, 0.15) is 0 Å². The highest BCUT2D eigenvalue weighted by Crippen LogP contribution is 2.25. The Morgan fingerprint density at radius 1 is 1.28 bits per heavy atom. The molecule has 0 fully saturated rings. The van der Waals surface area contributed by atoms with E-state index in [1.807, 2.05) is 6.07 Å². The second-order valence-corrected chi connectivity index (χ2v) is 5.88. The first-order chi connectivity index (χ1) is 8.70. The minimum Gasteiger partial charge on any atom is -0.358 e. The van der Waals surface area contributed by atoms with E-state index in [2.05, 4.69) is 33.9 Å². The van der Waals surface area contributed by atoms with Gasteiger partial charge in [-0.25, -0.2) is 0 Å². The predicted molar refractivity (Wildman–Crippen MR) is 78.3 cm³/mol. The summed E-state index contributed by atoms with van der Waals surface area (Å²) in [6, 6.07) is 4.05. The van der Waals surface area contributed by atoms with Crippen molar-refractivity contribution < 1.29 is 0 Å². The smallest absolute Gasteiger partial charge is 0.192 e. The molecule has 3 rings (SSSR count). The number of hydrogen-bond acceptors (Lipinski definition) is 1. The largest absolute Gasteiger partial charge is 0.358 e. The molecular weight excluding hydrogens is 290 g/mol. The Bertz CT molecular complexity index is 672. The molecule has 2 aromatic rings. The normalized spacial score (nSPS) is 14.8. The zero-order valence-corrected chi connectivity index (χ0v) is 12.1. The van der Waals surface area contributed by atoms with Gasteiger partial charge in [-0.3, -0.25) is 4.79 Å². The standard InChI is InChI=1S/C15H16BrNO/c1-2-9-7-10(16)8-12-14(9)17-13-6-4-3-5-11(13)15(12)18/h7-8H,2-6H2,1H3,(H,17,18). The summed E-state index contributed by atoms with van der Waals surface area (Å²) in [5, 5.41) is 0.835. The van der Waals surface area contributed by atoms with Crippen LogP contribution >= 0.6 is 15.9 Å². The lowest BCUT2D eigenvalue weighted by Gasteiger charge is -2.17. The van der Waals surface area contributed by atoms with E-state index >= 15 is 0 Å². The fraction of sp³-hybridized carbons (Fsp3) is 0.400. The van der Waals surface area contributed by atoms with Crippen molar-refractivity contribution in [2.45, 2.75) is 39.0 Å². The predicted octanol–water partition coefficient (Wildman–Crippen LogP) is 3.73. The highest BCUT2D eigenvalue weighted by Gasteiger charge is 2.17. The summed E-state index contributed by atoms with van der Waals surface area (Å²) in [5.74, 6) is 0. The zero-order valence-electron chi connectivity index (χ0n) is 10.5. The summed E-state index contributed by atoms with van der Waals surface area (Å²) >= 11 is 3.50. The first kappa shape index (κ1) is 12.0. The van der Waals surface area contributed by atoms with E-state index in [0.717, 1.165) is 52.3 Å². The number of benzene rings is 1. The van der Waals surface area contributed by atoms with Gasteiger partial charge in [0.25, 0.3) is 0 Å². The van der Waals surface area contributed by atoms with Gasteiger partial charge in [0.05, 0.1) is 5.52 Å². The van der Waals surface area contributed by atoms with Crippen LogP contribution in [0.5, 0.6) is 0 Å². The SMILES string of the molecule is CCc1cc(Br)cc2c(=O)c3c([nH]c12)CCCC3. The third kappa shape index (κ3) is 1.81. The molecule has 1 aliphatic rings. The van der Waals surface area contributed by atoms with E-state index in [-0.39, 0.29) is 5.43 Å². The van der Waals surface area contributed by atoms with Crippen LogP contribution < -0.4 is 5.43 Å². The highest BCUT2D eigenvalue weighted by molar-refractivity contribution is 9.10. The average molecular weight is 306 g/mol. The highest BCUT2D eigenvalue weighted by atomic mass is 79.9. The Labute approximate surface area is 115 Å². The van der Waals surface area contributed by atoms with Crippen LogP contribution in [-0.2, 0) is 19.3 Å².